The topological polar surface area (TPSA) is 101 Å². The van der Waals surface area contributed by atoms with Crippen LogP contribution >= 0.6 is 0 Å². The molecule has 0 bridgehead atoms. The van der Waals surface area contributed by atoms with Crippen molar-refractivity contribution in [2.24, 2.45) is 0 Å². The Bertz CT molecular complexity index is 937. The van der Waals surface area contributed by atoms with Crippen molar-refractivity contribution < 1.29 is 19.1 Å². The summed E-state index contributed by atoms with van der Waals surface area (Å²) in [5.41, 5.74) is 1.48. The van der Waals surface area contributed by atoms with Gasteiger partial charge in [0, 0.05) is 6.20 Å². The predicted molar refractivity (Wildman–Crippen MR) is 109 cm³/mol. The summed E-state index contributed by atoms with van der Waals surface area (Å²) in [5.74, 6) is -0.803. The van der Waals surface area contributed by atoms with E-state index in [1.807, 2.05) is 13.0 Å². The van der Waals surface area contributed by atoms with Gasteiger partial charge in [-0.05, 0) is 57.5 Å². The molecule has 0 saturated heterocycles. The zero-order valence-electron chi connectivity index (χ0n) is 16.9. The summed E-state index contributed by atoms with van der Waals surface area (Å²) < 4.78 is 5.26. The van der Waals surface area contributed by atoms with Crippen molar-refractivity contribution in [2.45, 2.75) is 39.3 Å². The van der Waals surface area contributed by atoms with Gasteiger partial charge in [0.05, 0.1) is 17.9 Å². The van der Waals surface area contributed by atoms with Gasteiger partial charge in [0.2, 0.25) is 5.91 Å². The van der Waals surface area contributed by atoms with Crippen LogP contribution in [0.15, 0.2) is 42.6 Å². The van der Waals surface area contributed by atoms with Gasteiger partial charge in [0.25, 0.3) is 5.91 Å². The number of amides is 3. The fraction of sp³-hybridized carbons (Fsp3) is 0.333. The molecule has 1 unspecified atom stereocenters. The van der Waals surface area contributed by atoms with Gasteiger partial charge in [0.1, 0.15) is 17.3 Å². The van der Waals surface area contributed by atoms with Crippen LogP contribution in [-0.4, -0.2) is 41.1 Å². The third-order valence-corrected chi connectivity index (χ3v) is 4.20. The van der Waals surface area contributed by atoms with Crippen molar-refractivity contribution in [3.8, 4) is 0 Å². The minimum Gasteiger partial charge on any atom is -0.444 e. The third-order valence-electron chi connectivity index (χ3n) is 4.20. The number of hydrogen-bond donors (Lipinski definition) is 2. The van der Waals surface area contributed by atoms with Gasteiger partial charge in [-0.15, -0.1) is 0 Å². The molecule has 1 aromatic heterocycles. The van der Waals surface area contributed by atoms with Crippen molar-refractivity contribution >= 4 is 29.3 Å². The lowest BCUT2D eigenvalue weighted by Crippen LogP contribution is -2.51. The quantitative estimate of drug-likeness (QED) is 0.813. The van der Waals surface area contributed by atoms with E-state index in [1.54, 1.807) is 51.1 Å². The lowest BCUT2D eigenvalue weighted by atomic mass is 10.1. The number of carbonyl (C=O) groups is 3. The highest BCUT2D eigenvalue weighted by Crippen LogP contribution is 2.31. The molecule has 8 nitrogen and oxygen atoms in total. The number of aromatic nitrogens is 1. The first-order valence-electron chi connectivity index (χ1n) is 9.28. The van der Waals surface area contributed by atoms with Gasteiger partial charge in [-0.1, -0.05) is 12.1 Å². The van der Waals surface area contributed by atoms with E-state index in [4.69, 9.17) is 4.74 Å². The number of hydrogen-bond acceptors (Lipinski definition) is 5. The molecule has 1 aliphatic heterocycles. The number of anilines is 2. The Morgan fingerprint density at radius 3 is 2.66 bits per heavy atom. The number of aryl methyl sites for hydroxylation is 1. The number of nitrogens with one attached hydrogen (secondary N) is 2. The molecule has 0 radical (unpaired) electrons. The number of benzene rings is 1. The molecular formula is C21H24N4O4. The predicted octanol–water partition coefficient (Wildman–Crippen LogP) is 2.88. The van der Waals surface area contributed by atoms with Gasteiger partial charge < -0.3 is 20.3 Å². The van der Waals surface area contributed by atoms with Crippen LogP contribution < -0.4 is 15.5 Å². The second-order valence-electron chi connectivity index (χ2n) is 7.84. The Balaban J connectivity index is 1.94. The maximum Gasteiger partial charge on any atom is 0.408 e. The van der Waals surface area contributed by atoms with Crippen LogP contribution in [0, 0.1) is 6.92 Å². The summed E-state index contributed by atoms with van der Waals surface area (Å²) in [6.07, 6.45) is 0.797. The van der Waals surface area contributed by atoms with E-state index < -0.39 is 23.6 Å². The molecule has 152 valence electrons. The number of rotatable bonds is 2. The fourth-order valence-corrected chi connectivity index (χ4v) is 2.95. The van der Waals surface area contributed by atoms with Crippen LogP contribution in [0.4, 0.5) is 16.2 Å². The molecule has 29 heavy (non-hydrogen) atoms. The number of pyridine rings is 1. The van der Waals surface area contributed by atoms with Crippen molar-refractivity contribution in [3.63, 3.8) is 0 Å². The first-order valence-corrected chi connectivity index (χ1v) is 9.28. The van der Waals surface area contributed by atoms with Crippen LogP contribution in [0.2, 0.25) is 0 Å². The van der Waals surface area contributed by atoms with Crippen LogP contribution in [0.5, 0.6) is 0 Å². The van der Waals surface area contributed by atoms with Crippen molar-refractivity contribution in [1.29, 1.82) is 0 Å². The van der Waals surface area contributed by atoms with Gasteiger partial charge in [-0.25, -0.2) is 4.79 Å². The molecule has 0 spiro atoms. The van der Waals surface area contributed by atoms with Crippen LogP contribution in [0.25, 0.3) is 0 Å². The summed E-state index contributed by atoms with van der Waals surface area (Å²) in [6, 6.07) is 9.44. The van der Waals surface area contributed by atoms with Crippen molar-refractivity contribution in [3.05, 3.63) is 53.9 Å². The average Bonchev–Trinajstić information content (AvgIpc) is 2.76. The number of nitrogens with zero attached hydrogens (tertiary/aromatic N) is 2. The molecule has 3 rings (SSSR count). The van der Waals surface area contributed by atoms with E-state index in [0.717, 1.165) is 5.56 Å². The molecule has 8 heteroatoms. The number of carbonyl (C=O) groups excluding carboxylic acids is 3. The first kappa shape index (κ1) is 20.3. The molecule has 2 heterocycles. The Morgan fingerprint density at radius 1 is 1.24 bits per heavy atom. The molecule has 2 aromatic rings. The standard InChI is InChI=1S/C21H24N4O4/c1-13-8-9-17-15(11-13)23-18(26)16(24-20(28)29-21(2,3)4)12-25(17)19(27)14-7-5-6-10-22-14/h5-11,16H,12H2,1-4H3,(H,23,26)(H,24,28). The Morgan fingerprint density at radius 2 is 2.00 bits per heavy atom. The smallest absolute Gasteiger partial charge is 0.408 e. The average molecular weight is 396 g/mol. The number of ether oxygens (including phenoxy) is 1. The molecule has 3 amide bonds. The van der Waals surface area contributed by atoms with Crippen molar-refractivity contribution in [2.75, 3.05) is 16.8 Å². The summed E-state index contributed by atoms with van der Waals surface area (Å²) in [6.45, 7) is 7.02. The van der Waals surface area contributed by atoms with E-state index in [1.165, 1.54) is 11.1 Å². The monoisotopic (exact) mass is 396 g/mol. The lowest BCUT2D eigenvalue weighted by molar-refractivity contribution is -0.117. The largest absolute Gasteiger partial charge is 0.444 e. The zero-order valence-corrected chi connectivity index (χ0v) is 16.9. The molecule has 0 aliphatic carbocycles. The zero-order chi connectivity index (χ0) is 21.2. The molecule has 1 aliphatic rings. The highest BCUT2D eigenvalue weighted by molar-refractivity contribution is 6.11. The van der Waals surface area contributed by atoms with Crippen LogP contribution in [0.1, 0.15) is 36.8 Å². The third kappa shape index (κ3) is 4.90. The molecule has 1 atom stereocenters. The Labute approximate surface area is 169 Å². The SMILES string of the molecule is Cc1ccc2c(c1)NC(=O)C(NC(=O)OC(C)(C)C)CN2C(=O)c1ccccn1. The summed E-state index contributed by atoms with van der Waals surface area (Å²) >= 11 is 0. The number of alkyl carbamates (subject to hydrolysis) is 1. The number of fused-ring (bicyclic) bond motifs is 1. The summed E-state index contributed by atoms with van der Waals surface area (Å²) in [4.78, 5) is 43.7. The Kier molecular flexibility index (Phi) is 5.54. The van der Waals surface area contributed by atoms with E-state index in [0.29, 0.717) is 11.4 Å². The minimum atomic E-state index is -0.995. The molecule has 0 fully saturated rings. The summed E-state index contributed by atoms with van der Waals surface area (Å²) in [5, 5.41) is 5.36. The van der Waals surface area contributed by atoms with E-state index >= 15 is 0 Å². The normalized spacial score (nSPS) is 16.3. The second kappa shape index (κ2) is 7.90. The molecule has 0 saturated carbocycles. The van der Waals surface area contributed by atoms with Gasteiger partial charge in [0.15, 0.2) is 0 Å². The van der Waals surface area contributed by atoms with E-state index in [9.17, 15) is 14.4 Å². The molecule has 2 N–H and O–H groups in total. The van der Waals surface area contributed by atoms with E-state index in [-0.39, 0.29) is 18.1 Å². The summed E-state index contributed by atoms with van der Waals surface area (Å²) in [7, 11) is 0. The maximum atomic E-state index is 13.1. The first-order chi connectivity index (χ1) is 13.6. The fourth-order valence-electron chi connectivity index (χ4n) is 2.95. The molecule has 1 aromatic carbocycles. The van der Waals surface area contributed by atoms with Gasteiger partial charge in [-0.2, -0.15) is 0 Å². The highest BCUT2D eigenvalue weighted by Gasteiger charge is 2.34. The van der Waals surface area contributed by atoms with Gasteiger partial charge >= 0.3 is 6.09 Å². The Hall–Kier alpha value is -3.42. The van der Waals surface area contributed by atoms with E-state index in [2.05, 4.69) is 15.6 Å². The van der Waals surface area contributed by atoms with Crippen molar-refractivity contribution in [1.82, 2.24) is 10.3 Å². The minimum absolute atomic E-state index is 0.0590. The van der Waals surface area contributed by atoms with Gasteiger partial charge in [-0.3, -0.25) is 14.6 Å². The highest BCUT2D eigenvalue weighted by atomic mass is 16.6. The molecular weight excluding hydrogens is 372 g/mol. The lowest BCUT2D eigenvalue weighted by Gasteiger charge is -2.26. The van der Waals surface area contributed by atoms with Crippen LogP contribution in [0.3, 0.4) is 0 Å². The van der Waals surface area contributed by atoms with Crippen LogP contribution in [-0.2, 0) is 9.53 Å². The maximum absolute atomic E-state index is 13.1. The second-order valence-corrected chi connectivity index (χ2v) is 7.84.